The summed E-state index contributed by atoms with van der Waals surface area (Å²) in [6, 6.07) is 5.83. The number of non-ortho nitro benzene ring substituents is 1. The minimum atomic E-state index is -0.662. The molecule has 0 bridgehead atoms. The molecule has 1 heterocycles. The first-order chi connectivity index (χ1) is 10.4. The maximum atomic E-state index is 11.9. The number of thiophene rings is 1. The Labute approximate surface area is 129 Å². The van der Waals surface area contributed by atoms with Gasteiger partial charge in [0.25, 0.3) is 5.69 Å². The van der Waals surface area contributed by atoms with E-state index in [1.54, 1.807) is 19.9 Å². The predicted octanol–water partition coefficient (Wildman–Crippen LogP) is 2.92. The molecule has 0 saturated carbocycles. The number of esters is 2. The summed E-state index contributed by atoms with van der Waals surface area (Å²) in [5, 5.41) is 11.3. The highest BCUT2D eigenvalue weighted by Crippen LogP contribution is 2.29. The van der Waals surface area contributed by atoms with Gasteiger partial charge >= 0.3 is 11.9 Å². The van der Waals surface area contributed by atoms with Crippen LogP contribution in [0.2, 0.25) is 0 Å². The average Bonchev–Trinajstić information content (AvgIpc) is 2.86. The SMILES string of the molecule is CC(C)OC(=O)COC(=O)c1cc2cc([N+](=O)[O-])ccc2s1. The quantitative estimate of drug-likeness (QED) is 0.477. The van der Waals surface area contributed by atoms with E-state index in [2.05, 4.69) is 0 Å². The van der Waals surface area contributed by atoms with Crippen molar-refractivity contribution < 1.29 is 24.0 Å². The number of hydrogen-bond donors (Lipinski definition) is 0. The van der Waals surface area contributed by atoms with Gasteiger partial charge in [0, 0.05) is 22.2 Å². The van der Waals surface area contributed by atoms with Crippen molar-refractivity contribution >= 4 is 39.0 Å². The molecular weight excluding hydrogens is 310 g/mol. The average molecular weight is 323 g/mol. The minimum absolute atomic E-state index is 0.0503. The Balaban J connectivity index is 2.08. The predicted molar refractivity (Wildman–Crippen MR) is 80.0 cm³/mol. The molecule has 7 nitrogen and oxygen atoms in total. The molecule has 0 amide bonds. The number of nitro benzene ring substituents is 1. The van der Waals surface area contributed by atoms with Gasteiger partial charge < -0.3 is 9.47 Å². The molecule has 22 heavy (non-hydrogen) atoms. The van der Waals surface area contributed by atoms with E-state index in [0.717, 1.165) is 16.0 Å². The summed E-state index contributed by atoms with van der Waals surface area (Å²) in [5.41, 5.74) is -0.0503. The molecule has 2 aromatic rings. The molecule has 1 aromatic carbocycles. The molecule has 0 saturated heterocycles. The number of carbonyl (C=O) groups is 2. The first-order valence-corrected chi connectivity index (χ1v) is 7.23. The zero-order valence-electron chi connectivity index (χ0n) is 11.9. The number of fused-ring (bicyclic) bond motifs is 1. The normalized spacial score (nSPS) is 10.7. The number of carbonyl (C=O) groups excluding carboxylic acids is 2. The molecule has 1 aromatic heterocycles. The van der Waals surface area contributed by atoms with E-state index in [1.807, 2.05) is 0 Å². The molecule has 116 valence electrons. The fraction of sp³-hybridized carbons (Fsp3) is 0.286. The second-order valence-electron chi connectivity index (χ2n) is 4.70. The number of nitrogens with zero attached hydrogens (tertiary/aromatic N) is 1. The van der Waals surface area contributed by atoms with E-state index in [9.17, 15) is 19.7 Å². The fourth-order valence-corrected chi connectivity index (χ4v) is 2.67. The fourth-order valence-electron chi connectivity index (χ4n) is 1.74. The minimum Gasteiger partial charge on any atom is -0.460 e. The van der Waals surface area contributed by atoms with E-state index in [0.29, 0.717) is 5.39 Å². The lowest BCUT2D eigenvalue weighted by molar-refractivity contribution is -0.384. The second-order valence-corrected chi connectivity index (χ2v) is 5.79. The lowest BCUT2D eigenvalue weighted by Gasteiger charge is -2.07. The first-order valence-electron chi connectivity index (χ1n) is 6.41. The molecule has 0 fully saturated rings. The van der Waals surface area contributed by atoms with Crippen molar-refractivity contribution in [2.24, 2.45) is 0 Å². The van der Waals surface area contributed by atoms with Crippen LogP contribution in [-0.4, -0.2) is 29.6 Å². The highest BCUT2D eigenvalue weighted by atomic mass is 32.1. The highest BCUT2D eigenvalue weighted by Gasteiger charge is 2.16. The molecule has 0 aliphatic rings. The topological polar surface area (TPSA) is 95.7 Å². The Hall–Kier alpha value is -2.48. The van der Waals surface area contributed by atoms with E-state index in [-0.39, 0.29) is 16.7 Å². The van der Waals surface area contributed by atoms with Gasteiger partial charge in [-0.25, -0.2) is 9.59 Å². The second kappa shape index (κ2) is 6.52. The number of hydrogen-bond acceptors (Lipinski definition) is 7. The Morgan fingerprint density at radius 2 is 2.05 bits per heavy atom. The first kappa shape index (κ1) is 15.9. The van der Waals surface area contributed by atoms with Crippen molar-refractivity contribution in [3.8, 4) is 0 Å². The summed E-state index contributed by atoms with van der Waals surface area (Å²) >= 11 is 1.14. The van der Waals surface area contributed by atoms with Gasteiger partial charge in [-0.05, 0) is 26.0 Å². The molecule has 0 spiro atoms. The van der Waals surface area contributed by atoms with Crippen LogP contribution in [0.15, 0.2) is 24.3 Å². The largest absolute Gasteiger partial charge is 0.460 e. The summed E-state index contributed by atoms with van der Waals surface area (Å²) < 4.78 is 10.4. The monoisotopic (exact) mass is 323 g/mol. The number of ether oxygens (including phenoxy) is 2. The van der Waals surface area contributed by atoms with Crippen molar-refractivity contribution in [1.82, 2.24) is 0 Å². The maximum absolute atomic E-state index is 11.9. The van der Waals surface area contributed by atoms with Crippen molar-refractivity contribution in [3.63, 3.8) is 0 Å². The van der Waals surface area contributed by atoms with Crippen LogP contribution in [0.3, 0.4) is 0 Å². The maximum Gasteiger partial charge on any atom is 0.348 e. The van der Waals surface area contributed by atoms with Gasteiger partial charge in [-0.2, -0.15) is 0 Å². The zero-order valence-corrected chi connectivity index (χ0v) is 12.7. The smallest absolute Gasteiger partial charge is 0.348 e. The number of benzene rings is 1. The van der Waals surface area contributed by atoms with E-state index < -0.39 is 23.5 Å². The molecule has 2 rings (SSSR count). The highest BCUT2D eigenvalue weighted by molar-refractivity contribution is 7.20. The standard InChI is InChI=1S/C14H13NO6S/c1-8(2)21-13(16)7-20-14(17)12-6-9-5-10(15(18)19)3-4-11(9)22-12/h3-6,8H,7H2,1-2H3. The van der Waals surface area contributed by atoms with Crippen LogP contribution in [0.5, 0.6) is 0 Å². The van der Waals surface area contributed by atoms with Gasteiger partial charge in [-0.1, -0.05) is 0 Å². The van der Waals surface area contributed by atoms with Crippen LogP contribution >= 0.6 is 11.3 Å². The van der Waals surface area contributed by atoms with Crippen LogP contribution in [0.1, 0.15) is 23.5 Å². The van der Waals surface area contributed by atoms with E-state index >= 15 is 0 Å². The molecule has 0 radical (unpaired) electrons. The van der Waals surface area contributed by atoms with Gasteiger partial charge in [0.05, 0.1) is 11.0 Å². The van der Waals surface area contributed by atoms with Gasteiger partial charge in [-0.3, -0.25) is 10.1 Å². The molecule has 0 unspecified atom stereocenters. The Bertz CT molecular complexity index is 736. The van der Waals surface area contributed by atoms with Gasteiger partial charge in [0.15, 0.2) is 6.61 Å². The van der Waals surface area contributed by atoms with E-state index in [1.165, 1.54) is 18.2 Å². The molecule has 0 atom stereocenters. The van der Waals surface area contributed by atoms with Crippen molar-refractivity contribution in [2.45, 2.75) is 20.0 Å². The van der Waals surface area contributed by atoms with Crippen molar-refractivity contribution in [2.75, 3.05) is 6.61 Å². The van der Waals surface area contributed by atoms with Gasteiger partial charge in [0.2, 0.25) is 0 Å². The molecular formula is C14H13NO6S. The summed E-state index contributed by atoms with van der Waals surface area (Å²) in [6.45, 7) is 2.92. The molecule has 0 N–H and O–H groups in total. The Morgan fingerprint density at radius 3 is 2.68 bits per heavy atom. The summed E-state index contributed by atoms with van der Waals surface area (Å²) in [5.74, 6) is -1.29. The van der Waals surface area contributed by atoms with Crippen molar-refractivity contribution in [3.05, 3.63) is 39.3 Å². The lowest BCUT2D eigenvalue weighted by Crippen LogP contribution is -2.19. The van der Waals surface area contributed by atoms with Crippen LogP contribution in [0, 0.1) is 10.1 Å². The molecule has 0 aliphatic carbocycles. The van der Waals surface area contributed by atoms with Crippen LogP contribution < -0.4 is 0 Å². The lowest BCUT2D eigenvalue weighted by atomic mass is 10.2. The Morgan fingerprint density at radius 1 is 1.32 bits per heavy atom. The molecule has 0 aliphatic heterocycles. The van der Waals surface area contributed by atoms with Crippen LogP contribution in [0.25, 0.3) is 10.1 Å². The number of nitro groups is 1. The number of rotatable bonds is 5. The molecule has 8 heteroatoms. The van der Waals surface area contributed by atoms with Gasteiger partial charge in [-0.15, -0.1) is 11.3 Å². The third-order valence-electron chi connectivity index (χ3n) is 2.60. The van der Waals surface area contributed by atoms with Crippen LogP contribution in [0.4, 0.5) is 5.69 Å². The summed E-state index contributed by atoms with van der Waals surface area (Å²) in [6.07, 6.45) is -0.281. The van der Waals surface area contributed by atoms with E-state index in [4.69, 9.17) is 9.47 Å². The zero-order chi connectivity index (χ0) is 16.3. The third-order valence-corrected chi connectivity index (χ3v) is 3.70. The summed E-state index contributed by atoms with van der Waals surface area (Å²) in [4.78, 5) is 33.7. The van der Waals surface area contributed by atoms with Gasteiger partial charge in [0.1, 0.15) is 4.88 Å². The van der Waals surface area contributed by atoms with Crippen LogP contribution in [-0.2, 0) is 14.3 Å². The third kappa shape index (κ3) is 3.79. The summed E-state index contributed by atoms with van der Waals surface area (Å²) in [7, 11) is 0. The van der Waals surface area contributed by atoms with Crippen molar-refractivity contribution in [1.29, 1.82) is 0 Å². The Kier molecular flexibility index (Phi) is 4.71.